The number of hydrogen-bond donors (Lipinski definition) is 1. The fourth-order valence-electron chi connectivity index (χ4n) is 2.71. The lowest BCUT2D eigenvalue weighted by molar-refractivity contribution is -0.384. The van der Waals surface area contributed by atoms with Crippen LogP contribution in [0.5, 0.6) is 0 Å². The third-order valence-corrected chi connectivity index (χ3v) is 4.42. The molecule has 2 aromatic carbocycles. The maximum Gasteiger partial charge on any atom is 0.270 e. The number of amides is 1. The average molecular weight is 399 g/mol. The first-order valence-corrected chi connectivity index (χ1v) is 9.26. The number of nitro groups is 1. The van der Waals surface area contributed by atoms with E-state index in [-0.39, 0.29) is 11.6 Å². The van der Waals surface area contributed by atoms with E-state index in [2.05, 4.69) is 17.3 Å². The van der Waals surface area contributed by atoms with Gasteiger partial charge >= 0.3 is 0 Å². The number of carbonyl (C=O) groups is 1. The molecule has 0 atom stereocenters. The zero-order valence-electron chi connectivity index (χ0n) is 15.3. The molecular formula is C20H19ClN4O3. The van der Waals surface area contributed by atoms with E-state index in [0.717, 1.165) is 12.8 Å². The number of aromatic nitrogens is 2. The molecule has 0 unspecified atom stereocenters. The number of rotatable bonds is 7. The summed E-state index contributed by atoms with van der Waals surface area (Å²) in [5.41, 5.74) is 2.23. The maximum absolute atomic E-state index is 12.7. The van der Waals surface area contributed by atoms with Crippen molar-refractivity contribution in [3.63, 3.8) is 0 Å². The Kier molecular flexibility index (Phi) is 6.06. The Morgan fingerprint density at radius 3 is 2.61 bits per heavy atom. The van der Waals surface area contributed by atoms with Crippen molar-refractivity contribution in [1.29, 1.82) is 0 Å². The van der Waals surface area contributed by atoms with Gasteiger partial charge in [-0.25, -0.2) is 4.68 Å². The Hall–Kier alpha value is -3.19. The van der Waals surface area contributed by atoms with E-state index >= 15 is 0 Å². The van der Waals surface area contributed by atoms with E-state index in [1.54, 1.807) is 42.5 Å². The van der Waals surface area contributed by atoms with Gasteiger partial charge in [0.15, 0.2) is 0 Å². The monoisotopic (exact) mass is 398 g/mol. The van der Waals surface area contributed by atoms with Gasteiger partial charge in [0.05, 0.1) is 16.3 Å². The summed E-state index contributed by atoms with van der Waals surface area (Å²) in [6, 6.07) is 14.8. The van der Waals surface area contributed by atoms with Gasteiger partial charge in [-0.1, -0.05) is 31.0 Å². The van der Waals surface area contributed by atoms with Gasteiger partial charge in [0, 0.05) is 29.3 Å². The Labute approximate surface area is 167 Å². The first-order chi connectivity index (χ1) is 13.5. The van der Waals surface area contributed by atoms with Crippen LogP contribution >= 0.6 is 11.6 Å². The number of unbranched alkanes of at least 4 members (excludes halogenated alkanes) is 1. The number of carbonyl (C=O) groups excluding carboxylic acids is 1. The van der Waals surface area contributed by atoms with Gasteiger partial charge in [0.2, 0.25) is 0 Å². The van der Waals surface area contributed by atoms with Gasteiger partial charge in [-0.05, 0) is 42.8 Å². The van der Waals surface area contributed by atoms with Crippen molar-refractivity contribution >= 4 is 23.2 Å². The van der Waals surface area contributed by atoms with Crippen LogP contribution in [0.2, 0.25) is 5.02 Å². The molecule has 144 valence electrons. The summed E-state index contributed by atoms with van der Waals surface area (Å²) in [7, 11) is 0. The molecule has 0 saturated heterocycles. The van der Waals surface area contributed by atoms with Crippen molar-refractivity contribution in [2.45, 2.75) is 19.8 Å². The van der Waals surface area contributed by atoms with Crippen LogP contribution in [-0.2, 0) is 0 Å². The summed E-state index contributed by atoms with van der Waals surface area (Å²) in [4.78, 5) is 23.1. The van der Waals surface area contributed by atoms with Gasteiger partial charge in [0.25, 0.3) is 11.6 Å². The summed E-state index contributed by atoms with van der Waals surface area (Å²) in [6.07, 6.45) is 1.86. The van der Waals surface area contributed by atoms with Gasteiger partial charge in [-0.3, -0.25) is 14.9 Å². The number of halogens is 1. The molecule has 1 amide bonds. The number of nitrogens with zero attached hydrogens (tertiary/aromatic N) is 3. The minimum Gasteiger partial charge on any atom is -0.351 e. The molecule has 1 aromatic heterocycles. The van der Waals surface area contributed by atoms with Crippen molar-refractivity contribution in [1.82, 2.24) is 15.1 Å². The largest absolute Gasteiger partial charge is 0.351 e. The van der Waals surface area contributed by atoms with Crippen LogP contribution in [0.25, 0.3) is 16.9 Å². The Bertz CT molecular complexity index is 999. The summed E-state index contributed by atoms with van der Waals surface area (Å²) in [5.74, 6) is -0.242. The van der Waals surface area contributed by atoms with E-state index < -0.39 is 4.92 Å². The standard InChI is InChI=1S/C20H19ClN4O3/c1-2-3-11-22-20(26)19-13-18(14-7-9-16(10-8-14)25(27)28)23-24(19)17-6-4-5-15(21)12-17/h4-10,12-13H,2-3,11H2,1H3,(H,22,26). The molecule has 0 saturated carbocycles. The molecular weight excluding hydrogens is 380 g/mol. The molecule has 0 bridgehead atoms. The highest BCUT2D eigenvalue weighted by Crippen LogP contribution is 2.25. The average Bonchev–Trinajstić information content (AvgIpc) is 3.14. The molecule has 8 heteroatoms. The van der Waals surface area contributed by atoms with Crippen LogP contribution < -0.4 is 5.32 Å². The molecule has 3 rings (SSSR count). The molecule has 0 radical (unpaired) electrons. The normalized spacial score (nSPS) is 10.6. The lowest BCUT2D eigenvalue weighted by Gasteiger charge is -2.08. The molecule has 0 spiro atoms. The lowest BCUT2D eigenvalue weighted by atomic mass is 10.1. The fraction of sp³-hybridized carbons (Fsp3) is 0.200. The molecule has 28 heavy (non-hydrogen) atoms. The molecule has 3 aromatic rings. The van der Waals surface area contributed by atoms with E-state index in [0.29, 0.717) is 34.2 Å². The Balaban J connectivity index is 2.01. The van der Waals surface area contributed by atoms with E-state index in [1.807, 2.05) is 0 Å². The summed E-state index contributed by atoms with van der Waals surface area (Å²) < 4.78 is 1.53. The molecule has 1 heterocycles. The first kappa shape index (κ1) is 19.6. The van der Waals surface area contributed by atoms with E-state index in [1.165, 1.54) is 16.8 Å². The molecule has 7 nitrogen and oxygen atoms in total. The number of non-ortho nitro benzene ring substituents is 1. The van der Waals surface area contributed by atoms with Gasteiger partial charge in [-0.15, -0.1) is 0 Å². The topological polar surface area (TPSA) is 90.1 Å². The van der Waals surface area contributed by atoms with Crippen molar-refractivity contribution in [2.24, 2.45) is 0 Å². The van der Waals surface area contributed by atoms with Gasteiger partial charge in [-0.2, -0.15) is 5.10 Å². The lowest BCUT2D eigenvalue weighted by Crippen LogP contribution is -2.26. The van der Waals surface area contributed by atoms with Gasteiger partial charge in [0.1, 0.15) is 5.69 Å². The van der Waals surface area contributed by atoms with E-state index in [9.17, 15) is 14.9 Å². The zero-order chi connectivity index (χ0) is 20.1. The number of hydrogen-bond acceptors (Lipinski definition) is 4. The summed E-state index contributed by atoms with van der Waals surface area (Å²) in [5, 5.41) is 18.8. The van der Waals surface area contributed by atoms with Crippen LogP contribution in [0.15, 0.2) is 54.6 Å². The Morgan fingerprint density at radius 1 is 1.21 bits per heavy atom. The molecule has 0 aliphatic carbocycles. The number of nitrogens with one attached hydrogen (secondary N) is 1. The fourth-order valence-corrected chi connectivity index (χ4v) is 2.90. The van der Waals surface area contributed by atoms with Gasteiger partial charge < -0.3 is 5.32 Å². The van der Waals surface area contributed by atoms with Crippen LogP contribution in [-0.4, -0.2) is 27.2 Å². The second-order valence-electron chi connectivity index (χ2n) is 6.22. The second kappa shape index (κ2) is 8.67. The summed E-state index contributed by atoms with van der Waals surface area (Å²) in [6.45, 7) is 2.62. The van der Waals surface area contributed by atoms with Crippen LogP contribution in [0, 0.1) is 10.1 Å². The third-order valence-electron chi connectivity index (χ3n) is 4.18. The molecule has 0 fully saturated rings. The van der Waals surface area contributed by atoms with Crippen molar-refractivity contribution in [3.05, 3.63) is 75.4 Å². The zero-order valence-corrected chi connectivity index (χ0v) is 16.0. The predicted octanol–water partition coefficient (Wildman–Crippen LogP) is 4.63. The number of nitro benzene ring substituents is 1. The maximum atomic E-state index is 12.7. The number of benzene rings is 2. The SMILES string of the molecule is CCCCNC(=O)c1cc(-c2ccc([N+](=O)[O-])cc2)nn1-c1cccc(Cl)c1. The van der Waals surface area contributed by atoms with Crippen LogP contribution in [0.3, 0.4) is 0 Å². The molecule has 0 aliphatic rings. The predicted molar refractivity (Wildman–Crippen MR) is 108 cm³/mol. The summed E-state index contributed by atoms with van der Waals surface area (Å²) >= 11 is 6.09. The smallest absolute Gasteiger partial charge is 0.270 e. The third kappa shape index (κ3) is 4.37. The quantitative estimate of drug-likeness (QED) is 0.357. The molecule has 0 aliphatic heterocycles. The van der Waals surface area contributed by atoms with Crippen molar-refractivity contribution in [2.75, 3.05) is 6.54 Å². The van der Waals surface area contributed by atoms with Crippen molar-refractivity contribution in [3.8, 4) is 16.9 Å². The van der Waals surface area contributed by atoms with E-state index in [4.69, 9.17) is 11.6 Å². The van der Waals surface area contributed by atoms with Crippen LogP contribution in [0.1, 0.15) is 30.3 Å². The minimum absolute atomic E-state index is 0.00411. The minimum atomic E-state index is -0.457. The highest BCUT2D eigenvalue weighted by atomic mass is 35.5. The van der Waals surface area contributed by atoms with Crippen molar-refractivity contribution < 1.29 is 9.72 Å². The highest BCUT2D eigenvalue weighted by molar-refractivity contribution is 6.30. The molecule has 1 N–H and O–H groups in total. The second-order valence-corrected chi connectivity index (χ2v) is 6.66. The highest BCUT2D eigenvalue weighted by Gasteiger charge is 2.18. The first-order valence-electron chi connectivity index (χ1n) is 8.88. The van der Waals surface area contributed by atoms with Crippen LogP contribution in [0.4, 0.5) is 5.69 Å². The Morgan fingerprint density at radius 2 is 1.96 bits per heavy atom.